The molecule has 9 nitrogen and oxygen atoms in total. The highest BCUT2D eigenvalue weighted by Gasteiger charge is 2.44. The van der Waals surface area contributed by atoms with Crippen LogP contribution in [0.15, 0.2) is 24.3 Å². The molecule has 0 bridgehead atoms. The number of nitrogens with one attached hydrogen (secondary N) is 1. The van der Waals surface area contributed by atoms with E-state index in [0.29, 0.717) is 6.42 Å². The van der Waals surface area contributed by atoms with Gasteiger partial charge in [-0.1, -0.05) is 308 Å². The van der Waals surface area contributed by atoms with Crippen LogP contribution in [0.1, 0.15) is 322 Å². The lowest BCUT2D eigenvalue weighted by molar-refractivity contribution is -0.302. The van der Waals surface area contributed by atoms with Crippen LogP contribution in [-0.4, -0.2) is 87.5 Å². The molecule has 1 amide bonds. The molecular weight excluding hydrogens is 911 g/mol. The molecule has 0 spiro atoms. The fraction of sp³-hybridized carbons (Fsp3) is 0.922. The third-order valence-corrected chi connectivity index (χ3v) is 15.5. The summed E-state index contributed by atoms with van der Waals surface area (Å²) >= 11 is 0. The number of amides is 1. The van der Waals surface area contributed by atoms with E-state index in [1.54, 1.807) is 6.08 Å². The van der Waals surface area contributed by atoms with E-state index in [-0.39, 0.29) is 12.5 Å². The zero-order valence-corrected chi connectivity index (χ0v) is 48.2. The van der Waals surface area contributed by atoms with Gasteiger partial charge in [0.05, 0.1) is 25.4 Å². The Kier molecular flexibility index (Phi) is 51.6. The van der Waals surface area contributed by atoms with Crippen LogP contribution in [0.4, 0.5) is 0 Å². The van der Waals surface area contributed by atoms with Gasteiger partial charge in [-0.25, -0.2) is 0 Å². The molecule has 1 fully saturated rings. The van der Waals surface area contributed by atoms with Gasteiger partial charge in [0.15, 0.2) is 6.29 Å². The standard InChI is InChI=1S/C64H123NO8/c1-3-5-7-9-11-13-15-16-17-18-19-20-21-22-23-24-25-26-27-28-29-30-31-32-33-34-35-36-37-38-39-40-41-42-44-46-48-50-52-54-60(68)65-57(56-72-64-63(71)62(70)61(69)59(55-66)73-64)58(67)53-51-49-47-45-43-14-12-10-8-6-4-2/h43,45,51,53,57-59,61-64,66-67,69-71H,3-42,44,46-50,52,54-56H2,1-2H3,(H,65,68)/b45-43+,53-51+. The number of rotatable bonds is 56. The van der Waals surface area contributed by atoms with E-state index in [9.17, 15) is 30.3 Å². The smallest absolute Gasteiger partial charge is 0.220 e. The molecule has 0 aliphatic carbocycles. The SMILES string of the molecule is CCCCCCC/C=C/CC/C=C/C(O)C(COC1OC(CO)C(O)C(O)C1O)NC(=O)CCCCCCCCCCCCCCCCCCCCCCCCCCCCCCCCCCCCCCCCC. The van der Waals surface area contributed by atoms with E-state index in [2.05, 4.69) is 31.3 Å². The first-order valence-electron chi connectivity index (χ1n) is 32.1. The van der Waals surface area contributed by atoms with Gasteiger partial charge < -0.3 is 40.3 Å². The number of unbranched alkanes of at least 4 members (excludes halogenated alkanes) is 44. The Morgan fingerprint density at radius 1 is 0.452 bits per heavy atom. The van der Waals surface area contributed by atoms with Gasteiger partial charge in [0.1, 0.15) is 24.4 Å². The van der Waals surface area contributed by atoms with E-state index in [4.69, 9.17) is 9.47 Å². The molecule has 7 atom stereocenters. The first-order chi connectivity index (χ1) is 35.8. The molecule has 1 aliphatic rings. The third-order valence-electron chi connectivity index (χ3n) is 15.5. The molecule has 0 aromatic rings. The molecule has 73 heavy (non-hydrogen) atoms. The van der Waals surface area contributed by atoms with Crippen molar-refractivity contribution in [3.8, 4) is 0 Å². The van der Waals surface area contributed by atoms with Crippen molar-refractivity contribution >= 4 is 5.91 Å². The molecule has 1 saturated heterocycles. The maximum absolute atomic E-state index is 13.0. The van der Waals surface area contributed by atoms with Gasteiger partial charge in [0.25, 0.3) is 0 Å². The Labute approximate surface area is 451 Å². The highest BCUT2D eigenvalue weighted by Crippen LogP contribution is 2.23. The largest absolute Gasteiger partial charge is 0.394 e. The summed E-state index contributed by atoms with van der Waals surface area (Å²) in [6.07, 6.45) is 63.2. The number of aliphatic hydroxyl groups excluding tert-OH is 5. The highest BCUT2D eigenvalue weighted by atomic mass is 16.7. The molecule has 0 aromatic carbocycles. The fourth-order valence-corrected chi connectivity index (χ4v) is 10.5. The molecular formula is C64H123NO8. The number of hydrogen-bond acceptors (Lipinski definition) is 8. The van der Waals surface area contributed by atoms with Crippen molar-refractivity contribution in [2.24, 2.45) is 0 Å². The first-order valence-corrected chi connectivity index (χ1v) is 32.1. The van der Waals surface area contributed by atoms with Crippen LogP contribution in [-0.2, 0) is 14.3 Å². The molecule has 0 saturated carbocycles. The van der Waals surface area contributed by atoms with Gasteiger partial charge >= 0.3 is 0 Å². The summed E-state index contributed by atoms with van der Waals surface area (Å²) in [7, 11) is 0. The quantitative estimate of drug-likeness (QED) is 0.0261. The van der Waals surface area contributed by atoms with Gasteiger partial charge in [-0.3, -0.25) is 4.79 Å². The van der Waals surface area contributed by atoms with Crippen molar-refractivity contribution in [2.75, 3.05) is 13.2 Å². The van der Waals surface area contributed by atoms with Crippen molar-refractivity contribution < 1.29 is 39.8 Å². The molecule has 7 unspecified atom stereocenters. The minimum atomic E-state index is -1.57. The predicted molar refractivity (Wildman–Crippen MR) is 309 cm³/mol. The lowest BCUT2D eigenvalue weighted by Gasteiger charge is -2.40. The second kappa shape index (κ2) is 54.0. The lowest BCUT2D eigenvalue weighted by Crippen LogP contribution is -2.60. The Morgan fingerprint density at radius 2 is 0.781 bits per heavy atom. The average Bonchev–Trinajstić information content (AvgIpc) is 3.39. The normalized spacial score (nSPS) is 19.1. The minimum absolute atomic E-state index is 0.182. The highest BCUT2D eigenvalue weighted by molar-refractivity contribution is 5.76. The number of ether oxygens (including phenoxy) is 2. The van der Waals surface area contributed by atoms with E-state index in [1.165, 1.54) is 263 Å². The zero-order chi connectivity index (χ0) is 52.9. The van der Waals surface area contributed by atoms with Gasteiger partial charge in [-0.2, -0.15) is 0 Å². The maximum Gasteiger partial charge on any atom is 0.220 e. The van der Waals surface area contributed by atoms with E-state index < -0.39 is 49.5 Å². The average molecular weight is 1030 g/mol. The molecule has 6 N–H and O–H groups in total. The van der Waals surface area contributed by atoms with Crippen LogP contribution < -0.4 is 5.32 Å². The summed E-state index contributed by atoms with van der Waals surface area (Å²) in [5.41, 5.74) is 0. The Hall–Kier alpha value is -1.33. The van der Waals surface area contributed by atoms with Crippen LogP contribution in [0.2, 0.25) is 0 Å². The van der Waals surface area contributed by atoms with E-state index >= 15 is 0 Å². The predicted octanol–water partition coefficient (Wildman–Crippen LogP) is 16.5. The lowest BCUT2D eigenvalue weighted by atomic mass is 9.99. The summed E-state index contributed by atoms with van der Waals surface area (Å²) in [5, 5.41) is 54.3. The summed E-state index contributed by atoms with van der Waals surface area (Å²) in [6, 6.07) is -0.817. The Morgan fingerprint density at radius 3 is 1.15 bits per heavy atom. The summed E-state index contributed by atoms with van der Waals surface area (Å²) in [4.78, 5) is 13.0. The summed E-state index contributed by atoms with van der Waals surface area (Å²) in [6.45, 7) is 3.76. The summed E-state index contributed by atoms with van der Waals surface area (Å²) < 4.78 is 11.2. The third kappa shape index (κ3) is 43.4. The first kappa shape index (κ1) is 69.7. The van der Waals surface area contributed by atoms with Crippen molar-refractivity contribution in [3.05, 3.63) is 24.3 Å². The van der Waals surface area contributed by atoms with Crippen LogP contribution in [0.25, 0.3) is 0 Å². The topological polar surface area (TPSA) is 149 Å². The van der Waals surface area contributed by atoms with Crippen LogP contribution in [0.5, 0.6) is 0 Å². The molecule has 1 rings (SSSR count). The van der Waals surface area contributed by atoms with E-state index in [1.807, 2.05) is 6.08 Å². The number of aliphatic hydroxyl groups is 5. The monoisotopic (exact) mass is 1030 g/mol. The summed E-state index contributed by atoms with van der Waals surface area (Å²) in [5.74, 6) is -0.182. The number of carbonyl (C=O) groups excluding carboxylic acids is 1. The maximum atomic E-state index is 13.0. The minimum Gasteiger partial charge on any atom is -0.394 e. The molecule has 9 heteroatoms. The van der Waals surface area contributed by atoms with Crippen molar-refractivity contribution in [1.29, 1.82) is 0 Å². The van der Waals surface area contributed by atoms with Crippen LogP contribution in [0.3, 0.4) is 0 Å². The van der Waals surface area contributed by atoms with Gasteiger partial charge in [-0.05, 0) is 32.1 Å². The van der Waals surface area contributed by atoms with E-state index in [0.717, 1.165) is 38.5 Å². The fourth-order valence-electron chi connectivity index (χ4n) is 10.5. The van der Waals surface area contributed by atoms with Gasteiger partial charge in [-0.15, -0.1) is 0 Å². The van der Waals surface area contributed by atoms with Crippen molar-refractivity contribution in [3.63, 3.8) is 0 Å². The molecule has 1 heterocycles. The van der Waals surface area contributed by atoms with Crippen LogP contribution in [0, 0.1) is 0 Å². The Balaban J connectivity index is 1.99. The van der Waals surface area contributed by atoms with Gasteiger partial charge in [0, 0.05) is 6.42 Å². The molecule has 1 aliphatic heterocycles. The molecule has 0 aromatic heterocycles. The van der Waals surface area contributed by atoms with Gasteiger partial charge in [0.2, 0.25) is 5.91 Å². The number of carbonyl (C=O) groups is 1. The second-order valence-electron chi connectivity index (χ2n) is 22.6. The number of allylic oxidation sites excluding steroid dienone is 3. The van der Waals surface area contributed by atoms with Crippen molar-refractivity contribution in [2.45, 2.75) is 365 Å². The zero-order valence-electron chi connectivity index (χ0n) is 48.2. The molecule has 432 valence electrons. The van der Waals surface area contributed by atoms with Crippen LogP contribution >= 0.6 is 0 Å². The van der Waals surface area contributed by atoms with Crippen molar-refractivity contribution in [1.82, 2.24) is 5.32 Å². The second-order valence-corrected chi connectivity index (χ2v) is 22.6. The molecule has 0 radical (unpaired) electrons. The Bertz CT molecular complexity index is 1200. The number of hydrogen-bond donors (Lipinski definition) is 6.